The molecule has 1 fully saturated rings. The lowest BCUT2D eigenvalue weighted by atomic mass is 10.0. The Hall–Kier alpha value is -2.03. The second-order valence-electron chi connectivity index (χ2n) is 4.68. The average Bonchev–Trinajstić information content (AvgIpc) is 3.23. The van der Waals surface area contributed by atoms with Crippen LogP contribution >= 0.6 is 0 Å². The van der Waals surface area contributed by atoms with E-state index in [2.05, 4.69) is 4.98 Å². The number of hydrogen-bond donors (Lipinski definition) is 1. The quantitative estimate of drug-likeness (QED) is 0.896. The molecule has 0 radical (unpaired) electrons. The smallest absolute Gasteiger partial charge is 0.128 e. The zero-order chi connectivity index (χ0) is 12.5. The van der Waals surface area contributed by atoms with E-state index in [0.29, 0.717) is 5.92 Å². The lowest BCUT2D eigenvalue weighted by Gasteiger charge is -2.12. The van der Waals surface area contributed by atoms with Gasteiger partial charge < -0.3 is 10.5 Å². The van der Waals surface area contributed by atoms with Crippen LogP contribution in [-0.2, 0) is 0 Å². The summed E-state index contributed by atoms with van der Waals surface area (Å²) >= 11 is 0. The molecule has 18 heavy (non-hydrogen) atoms. The van der Waals surface area contributed by atoms with Gasteiger partial charge in [-0.2, -0.15) is 0 Å². The molecule has 1 heterocycles. The van der Waals surface area contributed by atoms with Crippen molar-refractivity contribution in [2.45, 2.75) is 18.8 Å². The minimum absolute atomic E-state index is 0.612. The van der Waals surface area contributed by atoms with Crippen molar-refractivity contribution in [2.75, 3.05) is 12.8 Å². The molecule has 0 amide bonds. The molecule has 3 rings (SSSR count). The first-order valence-electron chi connectivity index (χ1n) is 6.18. The summed E-state index contributed by atoms with van der Waals surface area (Å²) in [7, 11) is 1.69. The lowest BCUT2D eigenvalue weighted by Crippen LogP contribution is -1.97. The average molecular weight is 240 g/mol. The number of nitrogens with two attached hydrogens (primary N) is 1. The molecule has 2 N–H and O–H groups in total. The SMILES string of the molecule is COc1ccccc1-c1ncc(N)cc1C1CC1. The zero-order valence-electron chi connectivity index (χ0n) is 10.4. The number of aromatic nitrogens is 1. The van der Waals surface area contributed by atoms with Crippen LogP contribution in [-0.4, -0.2) is 12.1 Å². The van der Waals surface area contributed by atoms with Crippen molar-refractivity contribution >= 4 is 5.69 Å². The molecule has 2 aromatic rings. The van der Waals surface area contributed by atoms with Crippen molar-refractivity contribution < 1.29 is 4.74 Å². The Kier molecular flexibility index (Phi) is 2.67. The van der Waals surface area contributed by atoms with Gasteiger partial charge >= 0.3 is 0 Å². The van der Waals surface area contributed by atoms with Crippen LogP contribution in [0.3, 0.4) is 0 Å². The highest BCUT2D eigenvalue weighted by Crippen LogP contribution is 2.45. The Morgan fingerprint density at radius 3 is 2.78 bits per heavy atom. The van der Waals surface area contributed by atoms with E-state index >= 15 is 0 Å². The Balaban J connectivity index is 2.16. The van der Waals surface area contributed by atoms with Gasteiger partial charge in [0.05, 0.1) is 24.7 Å². The molecule has 0 bridgehead atoms. The highest BCUT2D eigenvalue weighted by Gasteiger charge is 2.28. The highest BCUT2D eigenvalue weighted by atomic mass is 16.5. The molecular weight excluding hydrogens is 224 g/mol. The molecule has 3 nitrogen and oxygen atoms in total. The van der Waals surface area contributed by atoms with Gasteiger partial charge in [-0.25, -0.2) is 0 Å². The van der Waals surface area contributed by atoms with Crippen LogP contribution in [0.2, 0.25) is 0 Å². The number of anilines is 1. The van der Waals surface area contributed by atoms with Gasteiger partial charge in [0.1, 0.15) is 5.75 Å². The van der Waals surface area contributed by atoms with Crippen LogP contribution in [0, 0.1) is 0 Å². The van der Waals surface area contributed by atoms with Crippen LogP contribution in [0.5, 0.6) is 5.75 Å². The van der Waals surface area contributed by atoms with Crippen molar-refractivity contribution in [3.63, 3.8) is 0 Å². The Morgan fingerprint density at radius 2 is 2.06 bits per heavy atom. The number of rotatable bonds is 3. The number of para-hydroxylation sites is 1. The predicted molar refractivity (Wildman–Crippen MR) is 72.6 cm³/mol. The van der Waals surface area contributed by atoms with E-state index in [1.54, 1.807) is 13.3 Å². The Bertz CT molecular complexity index is 576. The third-order valence-corrected chi connectivity index (χ3v) is 3.32. The summed E-state index contributed by atoms with van der Waals surface area (Å²) in [5, 5.41) is 0. The minimum Gasteiger partial charge on any atom is -0.496 e. The third kappa shape index (κ3) is 1.92. The summed E-state index contributed by atoms with van der Waals surface area (Å²) in [4.78, 5) is 4.51. The summed E-state index contributed by atoms with van der Waals surface area (Å²) in [6.07, 6.45) is 4.17. The molecule has 1 aliphatic carbocycles. The van der Waals surface area contributed by atoms with Gasteiger partial charge in [-0.05, 0) is 42.5 Å². The maximum absolute atomic E-state index is 5.85. The van der Waals surface area contributed by atoms with Crippen molar-refractivity contribution in [2.24, 2.45) is 0 Å². The molecule has 92 valence electrons. The molecule has 0 atom stereocenters. The minimum atomic E-state index is 0.612. The molecular formula is C15H16N2O. The van der Waals surface area contributed by atoms with Gasteiger partial charge in [0.25, 0.3) is 0 Å². The summed E-state index contributed by atoms with van der Waals surface area (Å²) < 4.78 is 5.41. The van der Waals surface area contributed by atoms with Crippen molar-refractivity contribution in [1.82, 2.24) is 4.98 Å². The third-order valence-electron chi connectivity index (χ3n) is 3.32. The fourth-order valence-electron chi connectivity index (χ4n) is 2.27. The lowest BCUT2D eigenvalue weighted by molar-refractivity contribution is 0.416. The molecule has 1 saturated carbocycles. The molecule has 3 heteroatoms. The normalized spacial score (nSPS) is 14.5. The van der Waals surface area contributed by atoms with Gasteiger partial charge in [0.2, 0.25) is 0 Å². The number of methoxy groups -OCH3 is 1. The van der Waals surface area contributed by atoms with Crippen LogP contribution in [0.15, 0.2) is 36.5 Å². The number of nitrogen functional groups attached to an aromatic ring is 1. The second kappa shape index (κ2) is 4.33. The van der Waals surface area contributed by atoms with E-state index in [9.17, 15) is 0 Å². The zero-order valence-corrected chi connectivity index (χ0v) is 10.4. The molecule has 1 aliphatic rings. The van der Waals surface area contributed by atoms with Crippen LogP contribution in [0.4, 0.5) is 5.69 Å². The molecule has 1 aromatic heterocycles. The molecule has 0 unspecified atom stereocenters. The molecule has 0 spiro atoms. The van der Waals surface area contributed by atoms with Crippen LogP contribution < -0.4 is 10.5 Å². The molecule has 1 aromatic carbocycles. The Morgan fingerprint density at radius 1 is 1.28 bits per heavy atom. The number of hydrogen-bond acceptors (Lipinski definition) is 3. The standard InChI is InChI=1S/C15H16N2O/c1-18-14-5-3-2-4-12(14)15-13(10-6-7-10)8-11(16)9-17-15/h2-5,8-10H,6-7,16H2,1H3. The summed E-state index contributed by atoms with van der Waals surface area (Å²) in [6, 6.07) is 10.0. The summed E-state index contributed by atoms with van der Waals surface area (Å²) in [5.41, 5.74) is 9.88. The maximum Gasteiger partial charge on any atom is 0.128 e. The van der Waals surface area contributed by atoms with Crippen LogP contribution in [0.1, 0.15) is 24.3 Å². The maximum atomic E-state index is 5.85. The monoisotopic (exact) mass is 240 g/mol. The fourth-order valence-corrected chi connectivity index (χ4v) is 2.27. The van der Waals surface area contributed by atoms with Crippen molar-refractivity contribution in [3.05, 3.63) is 42.1 Å². The number of benzene rings is 1. The second-order valence-corrected chi connectivity index (χ2v) is 4.68. The Labute approximate surface area is 107 Å². The van der Waals surface area contributed by atoms with Crippen molar-refractivity contribution in [3.8, 4) is 17.0 Å². The topological polar surface area (TPSA) is 48.1 Å². The van der Waals surface area contributed by atoms with Crippen LogP contribution in [0.25, 0.3) is 11.3 Å². The largest absolute Gasteiger partial charge is 0.496 e. The van der Waals surface area contributed by atoms with E-state index in [-0.39, 0.29) is 0 Å². The van der Waals surface area contributed by atoms with Gasteiger partial charge in [-0.1, -0.05) is 12.1 Å². The van der Waals surface area contributed by atoms with E-state index in [4.69, 9.17) is 10.5 Å². The summed E-state index contributed by atoms with van der Waals surface area (Å²) in [5.74, 6) is 1.47. The number of pyridine rings is 1. The van der Waals surface area contributed by atoms with Gasteiger partial charge in [0.15, 0.2) is 0 Å². The van der Waals surface area contributed by atoms with Gasteiger partial charge in [-0.15, -0.1) is 0 Å². The number of nitrogens with zero attached hydrogens (tertiary/aromatic N) is 1. The fraction of sp³-hybridized carbons (Fsp3) is 0.267. The first kappa shape index (κ1) is 11.1. The van der Waals surface area contributed by atoms with Gasteiger partial charge in [0, 0.05) is 5.56 Å². The van der Waals surface area contributed by atoms with E-state index in [1.165, 1.54) is 18.4 Å². The number of ether oxygens (including phenoxy) is 1. The van der Waals surface area contributed by atoms with E-state index < -0.39 is 0 Å². The van der Waals surface area contributed by atoms with Crippen molar-refractivity contribution in [1.29, 1.82) is 0 Å². The molecule has 0 aliphatic heterocycles. The highest BCUT2D eigenvalue weighted by molar-refractivity contribution is 5.72. The first-order chi connectivity index (χ1) is 8.79. The summed E-state index contributed by atoms with van der Waals surface area (Å²) in [6.45, 7) is 0. The molecule has 0 saturated heterocycles. The first-order valence-corrected chi connectivity index (χ1v) is 6.18. The van der Waals surface area contributed by atoms with Gasteiger partial charge in [-0.3, -0.25) is 4.98 Å². The predicted octanol–water partition coefficient (Wildman–Crippen LogP) is 3.22. The van der Waals surface area contributed by atoms with E-state index in [1.807, 2.05) is 30.3 Å². The van der Waals surface area contributed by atoms with E-state index in [0.717, 1.165) is 22.7 Å².